The molecule has 24 heavy (non-hydrogen) atoms. The fourth-order valence-electron chi connectivity index (χ4n) is 1.74. The molecule has 1 heterocycles. The summed E-state index contributed by atoms with van der Waals surface area (Å²) >= 11 is 0. The van der Waals surface area contributed by atoms with Crippen molar-refractivity contribution in [3.8, 4) is 11.6 Å². The largest absolute Gasteiger partial charge is 0.430 e. The van der Waals surface area contributed by atoms with Crippen LogP contribution in [0.4, 0.5) is 20.2 Å². The van der Waals surface area contributed by atoms with Gasteiger partial charge in [0.25, 0.3) is 5.88 Å². The summed E-state index contributed by atoms with van der Waals surface area (Å²) in [5.41, 5.74) is -0.404. The highest BCUT2D eigenvalue weighted by Gasteiger charge is 2.20. The Morgan fingerprint density at radius 2 is 2.08 bits per heavy atom. The van der Waals surface area contributed by atoms with Gasteiger partial charge in [-0.05, 0) is 18.6 Å². The predicted octanol–water partition coefficient (Wildman–Crippen LogP) is 3.49. The minimum atomic E-state index is -1.03. The van der Waals surface area contributed by atoms with E-state index in [1.54, 1.807) is 6.92 Å². The SMILES string of the molecule is C=CC(=O)Nc1cc(F)c(Oc2ncc(C)cc2[N+](=O)[O-])cc1F. The quantitative estimate of drug-likeness (QED) is 0.513. The van der Waals surface area contributed by atoms with E-state index in [-0.39, 0.29) is 0 Å². The van der Waals surface area contributed by atoms with Gasteiger partial charge in [-0.1, -0.05) is 6.58 Å². The number of nitrogens with one attached hydrogen (secondary N) is 1. The average Bonchev–Trinajstić information content (AvgIpc) is 2.53. The smallest absolute Gasteiger partial charge is 0.331 e. The summed E-state index contributed by atoms with van der Waals surface area (Å²) < 4.78 is 32.9. The summed E-state index contributed by atoms with van der Waals surface area (Å²) in [4.78, 5) is 25.1. The topological polar surface area (TPSA) is 94.4 Å². The van der Waals surface area contributed by atoms with Gasteiger partial charge >= 0.3 is 5.69 Å². The van der Waals surface area contributed by atoms with Crippen molar-refractivity contribution in [3.63, 3.8) is 0 Å². The van der Waals surface area contributed by atoms with E-state index in [4.69, 9.17) is 4.74 Å². The molecule has 1 N–H and O–H groups in total. The molecule has 0 aliphatic carbocycles. The van der Waals surface area contributed by atoms with E-state index in [0.717, 1.165) is 6.08 Å². The first-order valence-corrected chi connectivity index (χ1v) is 6.53. The molecule has 2 rings (SSSR count). The van der Waals surface area contributed by atoms with Gasteiger partial charge in [0.15, 0.2) is 17.4 Å². The number of rotatable bonds is 5. The lowest BCUT2D eigenvalue weighted by atomic mass is 10.2. The molecule has 124 valence electrons. The highest BCUT2D eigenvalue weighted by Crippen LogP contribution is 2.33. The number of halogens is 2. The van der Waals surface area contributed by atoms with Crippen LogP contribution < -0.4 is 10.1 Å². The number of benzene rings is 1. The lowest BCUT2D eigenvalue weighted by Gasteiger charge is -2.09. The third-order valence-corrected chi connectivity index (χ3v) is 2.84. The second-order valence-corrected chi connectivity index (χ2v) is 4.65. The van der Waals surface area contributed by atoms with E-state index >= 15 is 0 Å². The first-order valence-electron chi connectivity index (χ1n) is 6.53. The van der Waals surface area contributed by atoms with E-state index in [9.17, 15) is 23.7 Å². The van der Waals surface area contributed by atoms with Crippen LogP contribution in [-0.2, 0) is 4.79 Å². The second-order valence-electron chi connectivity index (χ2n) is 4.65. The highest BCUT2D eigenvalue weighted by atomic mass is 19.1. The van der Waals surface area contributed by atoms with Crippen molar-refractivity contribution in [2.75, 3.05) is 5.32 Å². The van der Waals surface area contributed by atoms with Crippen LogP contribution in [0.25, 0.3) is 0 Å². The molecule has 0 atom stereocenters. The van der Waals surface area contributed by atoms with Gasteiger partial charge in [-0.2, -0.15) is 0 Å². The summed E-state index contributed by atoms with van der Waals surface area (Å²) in [6.07, 6.45) is 2.18. The molecule has 0 aliphatic rings. The number of hydrogen-bond donors (Lipinski definition) is 1. The highest BCUT2D eigenvalue weighted by molar-refractivity contribution is 5.99. The molecule has 0 bridgehead atoms. The third-order valence-electron chi connectivity index (χ3n) is 2.84. The summed E-state index contributed by atoms with van der Waals surface area (Å²) in [7, 11) is 0. The van der Waals surface area contributed by atoms with Crippen molar-refractivity contribution >= 4 is 17.3 Å². The number of nitrogens with zero attached hydrogens (tertiary/aromatic N) is 2. The Morgan fingerprint density at radius 3 is 2.71 bits per heavy atom. The number of amides is 1. The number of anilines is 1. The minimum absolute atomic E-state index is 0.420. The number of nitro groups is 1. The van der Waals surface area contributed by atoms with Crippen molar-refractivity contribution in [1.82, 2.24) is 4.98 Å². The standard InChI is InChI=1S/C15H11F2N3O4/c1-3-14(21)19-11-5-10(17)13(6-9(11)16)24-15-12(20(22)23)4-8(2)7-18-15/h3-7H,1H2,2H3,(H,19,21). The maximum atomic E-state index is 14.0. The Balaban J connectivity index is 2.38. The molecule has 0 fully saturated rings. The fraction of sp³-hybridized carbons (Fsp3) is 0.0667. The van der Waals surface area contributed by atoms with E-state index in [1.165, 1.54) is 12.3 Å². The predicted molar refractivity (Wildman–Crippen MR) is 80.9 cm³/mol. The number of aromatic nitrogens is 1. The molecule has 0 aliphatic heterocycles. The van der Waals surface area contributed by atoms with Gasteiger partial charge in [-0.3, -0.25) is 14.9 Å². The lowest BCUT2D eigenvalue weighted by molar-refractivity contribution is -0.386. The number of carbonyl (C=O) groups excluding carboxylic acids is 1. The maximum absolute atomic E-state index is 14.0. The number of hydrogen-bond acceptors (Lipinski definition) is 5. The van der Waals surface area contributed by atoms with Crippen LogP contribution in [0.1, 0.15) is 5.56 Å². The Bertz CT molecular complexity index is 840. The van der Waals surface area contributed by atoms with Crippen LogP contribution in [-0.4, -0.2) is 15.8 Å². The van der Waals surface area contributed by atoms with Crippen LogP contribution in [0.2, 0.25) is 0 Å². The van der Waals surface area contributed by atoms with E-state index < -0.39 is 45.5 Å². The van der Waals surface area contributed by atoms with Crippen molar-refractivity contribution in [1.29, 1.82) is 0 Å². The molecular formula is C15H11F2N3O4. The van der Waals surface area contributed by atoms with Crippen molar-refractivity contribution in [2.24, 2.45) is 0 Å². The number of pyridine rings is 1. The van der Waals surface area contributed by atoms with E-state index in [0.29, 0.717) is 17.7 Å². The van der Waals surface area contributed by atoms with Crippen molar-refractivity contribution in [2.45, 2.75) is 6.92 Å². The Labute approximate surface area is 134 Å². The molecule has 7 nitrogen and oxygen atoms in total. The molecular weight excluding hydrogens is 324 g/mol. The number of carbonyl (C=O) groups is 1. The van der Waals surface area contributed by atoms with Gasteiger partial charge in [-0.25, -0.2) is 13.8 Å². The number of aryl methyl sites for hydroxylation is 1. The molecule has 0 spiro atoms. The monoisotopic (exact) mass is 335 g/mol. The molecule has 0 saturated heterocycles. The third kappa shape index (κ3) is 3.69. The number of ether oxygens (including phenoxy) is 1. The van der Waals surface area contributed by atoms with E-state index in [2.05, 4.69) is 16.9 Å². The summed E-state index contributed by atoms with van der Waals surface area (Å²) in [6.45, 7) is 4.77. The molecule has 1 aromatic heterocycles. The Morgan fingerprint density at radius 1 is 1.38 bits per heavy atom. The van der Waals surface area contributed by atoms with Crippen LogP contribution in [0.15, 0.2) is 37.1 Å². The van der Waals surface area contributed by atoms with Crippen molar-refractivity contribution < 1.29 is 23.2 Å². The zero-order chi connectivity index (χ0) is 17.9. The maximum Gasteiger partial charge on any atom is 0.331 e. The molecule has 2 aromatic rings. The van der Waals surface area contributed by atoms with Crippen LogP contribution in [0.3, 0.4) is 0 Å². The first-order chi connectivity index (χ1) is 11.3. The first kappa shape index (κ1) is 17.0. The van der Waals surface area contributed by atoms with Crippen molar-refractivity contribution in [3.05, 3.63) is 64.4 Å². The fourth-order valence-corrected chi connectivity index (χ4v) is 1.74. The molecule has 0 saturated carbocycles. The minimum Gasteiger partial charge on any atom is -0.430 e. The summed E-state index contributed by atoms with van der Waals surface area (Å²) in [5.74, 6) is -3.84. The molecule has 0 unspecified atom stereocenters. The second kappa shape index (κ2) is 6.82. The molecule has 1 aromatic carbocycles. The van der Waals surface area contributed by atoms with Gasteiger partial charge in [0.05, 0.1) is 10.6 Å². The lowest BCUT2D eigenvalue weighted by Crippen LogP contribution is -2.09. The molecule has 9 heteroatoms. The molecule has 0 radical (unpaired) electrons. The molecule has 1 amide bonds. The van der Waals surface area contributed by atoms with Crippen LogP contribution >= 0.6 is 0 Å². The van der Waals surface area contributed by atoms with Gasteiger partial charge in [0.2, 0.25) is 5.91 Å². The average molecular weight is 335 g/mol. The van der Waals surface area contributed by atoms with Gasteiger partial charge in [0.1, 0.15) is 0 Å². The van der Waals surface area contributed by atoms with Gasteiger partial charge in [0, 0.05) is 24.4 Å². The van der Waals surface area contributed by atoms with E-state index in [1.807, 2.05) is 0 Å². The van der Waals surface area contributed by atoms with Gasteiger partial charge < -0.3 is 10.1 Å². The zero-order valence-corrected chi connectivity index (χ0v) is 12.4. The normalized spacial score (nSPS) is 10.1. The Hall–Kier alpha value is -3.36. The zero-order valence-electron chi connectivity index (χ0n) is 12.4. The van der Waals surface area contributed by atoms with Crippen LogP contribution in [0.5, 0.6) is 11.6 Å². The summed E-state index contributed by atoms with van der Waals surface area (Å²) in [6, 6.07) is 2.53. The summed E-state index contributed by atoms with van der Waals surface area (Å²) in [5, 5.41) is 13.1. The van der Waals surface area contributed by atoms with Crippen LogP contribution in [0, 0.1) is 28.7 Å². The Kier molecular flexibility index (Phi) is 4.83. The van der Waals surface area contributed by atoms with Gasteiger partial charge in [-0.15, -0.1) is 0 Å².